The van der Waals surface area contributed by atoms with Crippen LogP contribution in [-0.4, -0.2) is 19.8 Å². The quantitative estimate of drug-likeness (QED) is 0.223. The lowest BCUT2D eigenvalue weighted by atomic mass is 10.1. The third-order valence-corrected chi connectivity index (χ3v) is 7.94. The maximum absolute atomic E-state index is 13.5. The standard InChI is InChI=1S/C16H19FN2.C15H20FP/c1-12-11-15(18-2)7-8-16(12)19-10-9-13-3-5-14(17)6-4-13;1-2-17(16)15-11-9-14(10-12-15)8-7-13-5-3-4-6-13/h3-8,11,18-19H,9-10H2,1-2H3;7,9-12H,2-6,8H2,1H3. The minimum absolute atomic E-state index is 0.185. The third kappa shape index (κ3) is 9.06. The molecule has 36 heavy (non-hydrogen) atoms. The first-order valence-corrected chi connectivity index (χ1v) is 14.4. The van der Waals surface area contributed by atoms with Crippen molar-refractivity contribution < 1.29 is 8.59 Å². The minimum atomic E-state index is -1.42. The molecule has 3 aromatic carbocycles. The highest BCUT2D eigenvalue weighted by atomic mass is 31.2. The van der Waals surface area contributed by atoms with Crippen LogP contribution >= 0.6 is 8.23 Å². The van der Waals surface area contributed by atoms with Gasteiger partial charge in [0.15, 0.2) is 0 Å². The van der Waals surface area contributed by atoms with Crippen LogP contribution in [0.3, 0.4) is 0 Å². The Morgan fingerprint density at radius 3 is 2.19 bits per heavy atom. The number of rotatable bonds is 9. The summed E-state index contributed by atoms with van der Waals surface area (Å²) in [5.41, 5.74) is 7.51. The van der Waals surface area contributed by atoms with Gasteiger partial charge in [-0.15, -0.1) is 0 Å². The molecule has 0 amide bonds. The number of benzene rings is 3. The summed E-state index contributed by atoms with van der Waals surface area (Å²) < 4.78 is 26.3. The summed E-state index contributed by atoms with van der Waals surface area (Å²) in [5.74, 6) is -0.185. The lowest BCUT2D eigenvalue weighted by Crippen LogP contribution is -2.06. The van der Waals surface area contributed by atoms with E-state index in [0.717, 1.165) is 41.6 Å². The molecule has 3 aromatic rings. The Morgan fingerprint density at radius 1 is 0.917 bits per heavy atom. The average Bonchev–Trinajstić information content (AvgIpc) is 3.43. The first-order chi connectivity index (χ1) is 17.5. The molecule has 0 aromatic heterocycles. The van der Waals surface area contributed by atoms with Crippen LogP contribution in [0.25, 0.3) is 0 Å². The van der Waals surface area contributed by atoms with Gasteiger partial charge in [-0.1, -0.05) is 55.0 Å². The molecule has 2 nitrogen and oxygen atoms in total. The summed E-state index contributed by atoms with van der Waals surface area (Å²) in [6.07, 6.45) is 10.1. The molecule has 0 radical (unpaired) electrons. The van der Waals surface area contributed by atoms with Crippen molar-refractivity contribution in [2.24, 2.45) is 0 Å². The van der Waals surface area contributed by atoms with Crippen LogP contribution in [0.5, 0.6) is 0 Å². The Balaban J connectivity index is 0.000000202. The Morgan fingerprint density at radius 2 is 1.58 bits per heavy atom. The van der Waals surface area contributed by atoms with Crippen LogP contribution in [0, 0.1) is 12.7 Å². The van der Waals surface area contributed by atoms with Crippen molar-refractivity contribution in [1.29, 1.82) is 0 Å². The van der Waals surface area contributed by atoms with Crippen molar-refractivity contribution >= 4 is 24.9 Å². The van der Waals surface area contributed by atoms with Crippen LogP contribution in [0.2, 0.25) is 0 Å². The van der Waals surface area contributed by atoms with Gasteiger partial charge in [-0.05, 0) is 98.6 Å². The number of halogens is 2. The van der Waals surface area contributed by atoms with Crippen LogP contribution < -0.4 is 15.9 Å². The second kappa shape index (κ2) is 14.8. The van der Waals surface area contributed by atoms with E-state index >= 15 is 0 Å². The molecule has 0 saturated heterocycles. The molecule has 1 unspecified atom stereocenters. The third-order valence-electron chi connectivity index (χ3n) is 6.52. The molecule has 1 saturated carbocycles. The molecular formula is C31H39F2N2P. The molecule has 0 aliphatic heterocycles. The number of nitrogens with one attached hydrogen (secondary N) is 2. The predicted molar refractivity (Wildman–Crippen MR) is 154 cm³/mol. The van der Waals surface area contributed by atoms with Crippen molar-refractivity contribution in [3.05, 3.63) is 101 Å². The van der Waals surface area contributed by atoms with E-state index in [4.69, 9.17) is 0 Å². The van der Waals surface area contributed by atoms with E-state index in [1.54, 1.807) is 5.57 Å². The van der Waals surface area contributed by atoms with Crippen LogP contribution in [0.1, 0.15) is 49.3 Å². The van der Waals surface area contributed by atoms with Gasteiger partial charge in [-0.2, -0.15) is 0 Å². The predicted octanol–water partition coefficient (Wildman–Crippen LogP) is 8.57. The van der Waals surface area contributed by atoms with Crippen LogP contribution in [0.15, 0.2) is 78.4 Å². The van der Waals surface area contributed by atoms with Gasteiger partial charge < -0.3 is 10.6 Å². The molecule has 0 bridgehead atoms. The fourth-order valence-electron chi connectivity index (χ4n) is 4.28. The van der Waals surface area contributed by atoms with Gasteiger partial charge >= 0.3 is 0 Å². The Kier molecular flexibility index (Phi) is 11.4. The minimum Gasteiger partial charge on any atom is -0.388 e. The Hall–Kier alpha value is -2.71. The first kappa shape index (κ1) is 27.9. The lowest BCUT2D eigenvalue weighted by Gasteiger charge is -2.11. The molecule has 1 fully saturated rings. The summed E-state index contributed by atoms with van der Waals surface area (Å²) >= 11 is 0. The van der Waals surface area contributed by atoms with E-state index in [1.165, 1.54) is 48.9 Å². The van der Waals surface area contributed by atoms with E-state index in [2.05, 4.69) is 47.9 Å². The van der Waals surface area contributed by atoms with Crippen molar-refractivity contribution in [2.45, 2.75) is 52.4 Å². The normalized spacial score (nSPS) is 13.5. The van der Waals surface area contributed by atoms with Gasteiger partial charge in [0.05, 0.1) is 0 Å². The van der Waals surface area contributed by atoms with Crippen molar-refractivity contribution in [2.75, 3.05) is 30.4 Å². The van der Waals surface area contributed by atoms with Crippen molar-refractivity contribution in [3.63, 3.8) is 0 Å². The molecule has 2 N–H and O–H groups in total. The summed E-state index contributed by atoms with van der Waals surface area (Å²) in [5, 5.41) is 7.40. The number of anilines is 2. The SMILES string of the molecule is CCP(F)c1ccc(CC=C2CCCC2)cc1.CNc1ccc(NCCc2ccc(F)cc2)c(C)c1. The van der Waals surface area contributed by atoms with E-state index in [-0.39, 0.29) is 5.82 Å². The monoisotopic (exact) mass is 508 g/mol. The van der Waals surface area contributed by atoms with Crippen molar-refractivity contribution in [3.8, 4) is 0 Å². The average molecular weight is 509 g/mol. The maximum Gasteiger partial charge on any atom is 0.123 e. The molecule has 0 heterocycles. The number of hydrogen-bond donors (Lipinski definition) is 2. The molecule has 1 aliphatic rings. The van der Waals surface area contributed by atoms with E-state index < -0.39 is 8.23 Å². The number of allylic oxidation sites excluding steroid dienone is 2. The van der Waals surface area contributed by atoms with Gasteiger partial charge in [0, 0.05) is 30.3 Å². The number of aryl methyl sites for hydroxylation is 1. The van der Waals surface area contributed by atoms with E-state index in [0.29, 0.717) is 6.16 Å². The van der Waals surface area contributed by atoms with E-state index in [9.17, 15) is 8.59 Å². The van der Waals surface area contributed by atoms with Crippen LogP contribution in [0.4, 0.5) is 20.0 Å². The molecule has 1 atom stereocenters. The van der Waals surface area contributed by atoms with Gasteiger partial charge in [0.2, 0.25) is 0 Å². The second-order valence-corrected chi connectivity index (χ2v) is 11.1. The Bertz CT molecular complexity index is 1090. The Labute approximate surface area is 217 Å². The molecular weight excluding hydrogens is 469 g/mol. The summed E-state index contributed by atoms with van der Waals surface area (Å²) in [6, 6.07) is 21.0. The van der Waals surface area contributed by atoms with Crippen molar-refractivity contribution in [1.82, 2.24) is 0 Å². The summed E-state index contributed by atoms with van der Waals surface area (Å²) in [6.45, 7) is 4.83. The highest BCUT2D eigenvalue weighted by Gasteiger charge is 2.08. The van der Waals surface area contributed by atoms with Crippen LogP contribution in [-0.2, 0) is 12.8 Å². The van der Waals surface area contributed by atoms with E-state index in [1.807, 2.05) is 44.3 Å². The highest BCUT2D eigenvalue weighted by Crippen LogP contribution is 2.35. The largest absolute Gasteiger partial charge is 0.388 e. The topological polar surface area (TPSA) is 24.1 Å². The second-order valence-electron chi connectivity index (χ2n) is 9.20. The molecule has 0 spiro atoms. The first-order valence-electron chi connectivity index (χ1n) is 13.0. The lowest BCUT2D eigenvalue weighted by molar-refractivity contribution is 0.627. The fourth-order valence-corrected chi connectivity index (χ4v) is 5.12. The van der Waals surface area contributed by atoms with Gasteiger partial charge in [-0.3, -0.25) is 0 Å². The smallest absolute Gasteiger partial charge is 0.123 e. The molecule has 4 rings (SSSR count). The molecule has 192 valence electrons. The zero-order chi connectivity index (χ0) is 25.8. The van der Waals surface area contributed by atoms with Gasteiger partial charge in [0.25, 0.3) is 0 Å². The zero-order valence-corrected chi connectivity index (χ0v) is 22.7. The number of hydrogen-bond acceptors (Lipinski definition) is 2. The zero-order valence-electron chi connectivity index (χ0n) is 21.8. The molecule has 5 heteroatoms. The summed E-state index contributed by atoms with van der Waals surface area (Å²) in [4.78, 5) is 0. The maximum atomic E-state index is 13.5. The summed E-state index contributed by atoms with van der Waals surface area (Å²) in [7, 11) is 0.494. The van der Waals surface area contributed by atoms with Gasteiger partial charge in [0.1, 0.15) is 14.0 Å². The molecule has 1 aliphatic carbocycles. The fraction of sp³-hybridized carbons (Fsp3) is 0.355. The van der Waals surface area contributed by atoms with Gasteiger partial charge in [-0.25, -0.2) is 8.59 Å². The highest BCUT2D eigenvalue weighted by molar-refractivity contribution is 7.60.